The standard InChI is InChI=1S/C11H24O9S4/c1-2-21(13,14)6-7-23(17,18)10-11-24(19,20)9-8-22(15,16)5-3-4-12/h12H,2-11H2,1H3. The summed E-state index contributed by atoms with van der Waals surface area (Å²) in [5.74, 6) is -4.61. The van der Waals surface area contributed by atoms with Crippen LogP contribution in [0.15, 0.2) is 0 Å². The van der Waals surface area contributed by atoms with E-state index in [0.717, 1.165) is 0 Å². The quantitative estimate of drug-likeness (QED) is 0.352. The van der Waals surface area contributed by atoms with Gasteiger partial charge in [-0.3, -0.25) is 0 Å². The fraction of sp³-hybridized carbons (Fsp3) is 1.00. The second-order valence-electron chi connectivity index (χ2n) is 5.27. The first-order valence-corrected chi connectivity index (χ1v) is 14.5. The normalized spacial score (nSPS) is 13.9. The van der Waals surface area contributed by atoms with Crippen LogP contribution < -0.4 is 0 Å². The van der Waals surface area contributed by atoms with Gasteiger partial charge in [0.1, 0.15) is 0 Å². The Kier molecular flexibility index (Phi) is 9.36. The van der Waals surface area contributed by atoms with Crippen LogP contribution in [0.1, 0.15) is 13.3 Å². The summed E-state index contributed by atoms with van der Waals surface area (Å²) in [4.78, 5) is 0. The van der Waals surface area contributed by atoms with Crippen LogP contribution >= 0.6 is 0 Å². The van der Waals surface area contributed by atoms with Crippen LogP contribution in [0.5, 0.6) is 0 Å². The lowest BCUT2D eigenvalue weighted by Crippen LogP contribution is -2.27. The average Bonchev–Trinajstić information content (AvgIpc) is 2.48. The molecular formula is C11H24O9S4. The van der Waals surface area contributed by atoms with E-state index < -0.39 is 73.9 Å². The van der Waals surface area contributed by atoms with Crippen molar-refractivity contribution >= 4 is 39.3 Å². The molecule has 0 saturated carbocycles. The Labute approximate surface area is 144 Å². The Morgan fingerprint density at radius 1 is 0.542 bits per heavy atom. The van der Waals surface area contributed by atoms with Gasteiger partial charge in [-0.1, -0.05) is 6.92 Å². The maximum atomic E-state index is 11.8. The van der Waals surface area contributed by atoms with Gasteiger partial charge in [0.05, 0.1) is 40.3 Å². The Bertz CT molecular complexity index is 790. The van der Waals surface area contributed by atoms with Gasteiger partial charge in [-0.25, -0.2) is 33.7 Å². The predicted molar refractivity (Wildman–Crippen MR) is 92.0 cm³/mol. The number of hydrogen-bond acceptors (Lipinski definition) is 9. The second kappa shape index (κ2) is 9.46. The lowest BCUT2D eigenvalue weighted by atomic mass is 10.5. The van der Waals surface area contributed by atoms with Crippen molar-refractivity contribution in [1.29, 1.82) is 0 Å². The monoisotopic (exact) mass is 428 g/mol. The van der Waals surface area contributed by atoms with Gasteiger partial charge in [0.2, 0.25) is 0 Å². The Balaban J connectivity index is 4.57. The maximum absolute atomic E-state index is 11.8. The molecule has 9 nitrogen and oxygen atoms in total. The number of hydrogen-bond donors (Lipinski definition) is 1. The minimum Gasteiger partial charge on any atom is -0.396 e. The van der Waals surface area contributed by atoms with Crippen LogP contribution in [0, 0.1) is 0 Å². The summed E-state index contributed by atoms with van der Waals surface area (Å²) in [6, 6.07) is 0. The first-order valence-electron chi connectivity index (χ1n) is 7.17. The zero-order valence-corrected chi connectivity index (χ0v) is 16.7. The molecule has 24 heavy (non-hydrogen) atoms. The molecule has 0 atom stereocenters. The molecule has 0 radical (unpaired) electrons. The maximum Gasteiger partial charge on any atom is 0.152 e. The number of rotatable bonds is 13. The highest BCUT2D eigenvalue weighted by molar-refractivity contribution is 7.97. The summed E-state index contributed by atoms with van der Waals surface area (Å²) in [7, 11) is -14.9. The zero-order chi connectivity index (χ0) is 19.1. The molecule has 0 unspecified atom stereocenters. The highest BCUT2D eigenvalue weighted by Gasteiger charge is 2.22. The van der Waals surface area contributed by atoms with Crippen molar-refractivity contribution in [3.8, 4) is 0 Å². The lowest BCUT2D eigenvalue weighted by molar-refractivity contribution is 0.295. The van der Waals surface area contributed by atoms with Crippen LogP contribution in [0.25, 0.3) is 0 Å². The molecule has 0 heterocycles. The van der Waals surface area contributed by atoms with Gasteiger partial charge < -0.3 is 5.11 Å². The zero-order valence-electron chi connectivity index (χ0n) is 13.4. The van der Waals surface area contributed by atoms with Crippen LogP contribution in [0.4, 0.5) is 0 Å². The van der Waals surface area contributed by atoms with Gasteiger partial charge in [-0.05, 0) is 6.42 Å². The highest BCUT2D eigenvalue weighted by atomic mass is 32.2. The van der Waals surface area contributed by atoms with Crippen LogP contribution in [0.3, 0.4) is 0 Å². The summed E-state index contributed by atoms with van der Waals surface area (Å²) in [6.45, 7) is 1.05. The number of aliphatic hydroxyl groups is 1. The first kappa shape index (κ1) is 23.8. The molecular weight excluding hydrogens is 404 g/mol. The van der Waals surface area contributed by atoms with Crippen molar-refractivity contribution in [3.63, 3.8) is 0 Å². The molecule has 0 aromatic carbocycles. The van der Waals surface area contributed by atoms with E-state index in [1.807, 2.05) is 0 Å². The molecule has 0 bridgehead atoms. The minimum absolute atomic E-state index is 0.00264. The van der Waals surface area contributed by atoms with E-state index in [4.69, 9.17) is 5.11 Å². The average molecular weight is 429 g/mol. The van der Waals surface area contributed by atoms with E-state index in [1.54, 1.807) is 0 Å². The highest BCUT2D eigenvalue weighted by Crippen LogP contribution is 2.02. The molecule has 0 aliphatic rings. The van der Waals surface area contributed by atoms with Crippen LogP contribution in [-0.2, 0) is 39.3 Å². The fourth-order valence-corrected chi connectivity index (χ4v) is 9.06. The molecule has 0 spiro atoms. The topological polar surface area (TPSA) is 157 Å². The predicted octanol–water partition coefficient (Wildman–Crippen LogP) is -1.95. The van der Waals surface area contributed by atoms with Gasteiger partial charge >= 0.3 is 0 Å². The van der Waals surface area contributed by atoms with E-state index in [1.165, 1.54) is 6.92 Å². The molecule has 0 fully saturated rings. The van der Waals surface area contributed by atoms with Crippen molar-refractivity contribution in [3.05, 3.63) is 0 Å². The molecule has 0 aliphatic carbocycles. The first-order chi connectivity index (χ1) is 10.7. The minimum atomic E-state index is -3.90. The fourth-order valence-electron chi connectivity index (χ4n) is 1.50. The van der Waals surface area contributed by atoms with E-state index in [-0.39, 0.29) is 24.5 Å². The molecule has 0 aromatic rings. The second-order valence-corrected chi connectivity index (χ2v) is 14.7. The largest absolute Gasteiger partial charge is 0.396 e. The smallest absolute Gasteiger partial charge is 0.152 e. The third-order valence-electron chi connectivity index (χ3n) is 3.17. The Hall–Kier alpha value is -0.240. The van der Waals surface area contributed by atoms with Gasteiger partial charge in [-0.15, -0.1) is 0 Å². The van der Waals surface area contributed by atoms with Crippen molar-refractivity contribution in [2.24, 2.45) is 0 Å². The summed E-state index contributed by atoms with van der Waals surface area (Å²) in [6.07, 6.45) is 0.00264. The third kappa shape index (κ3) is 11.3. The van der Waals surface area contributed by atoms with E-state index in [2.05, 4.69) is 0 Å². The molecule has 0 aromatic heterocycles. The van der Waals surface area contributed by atoms with Gasteiger partial charge in [0.15, 0.2) is 39.3 Å². The molecule has 0 saturated heterocycles. The Morgan fingerprint density at radius 2 is 0.833 bits per heavy atom. The van der Waals surface area contributed by atoms with Crippen molar-refractivity contribution in [1.82, 2.24) is 0 Å². The number of sulfone groups is 4. The summed E-state index contributed by atoms with van der Waals surface area (Å²) in [5.41, 5.74) is 0. The van der Waals surface area contributed by atoms with E-state index >= 15 is 0 Å². The van der Waals surface area contributed by atoms with Crippen molar-refractivity contribution < 1.29 is 38.8 Å². The van der Waals surface area contributed by atoms with Crippen LogP contribution in [0.2, 0.25) is 0 Å². The molecule has 13 heteroatoms. The van der Waals surface area contributed by atoms with Crippen molar-refractivity contribution in [2.75, 3.05) is 52.6 Å². The Morgan fingerprint density at radius 3 is 1.12 bits per heavy atom. The molecule has 0 amide bonds. The van der Waals surface area contributed by atoms with Gasteiger partial charge in [-0.2, -0.15) is 0 Å². The van der Waals surface area contributed by atoms with E-state index in [9.17, 15) is 33.7 Å². The van der Waals surface area contributed by atoms with Crippen molar-refractivity contribution in [2.45, 2.75) is 13.3 Å². The number of aliphatic hydroxyl groups excluding tert-OH is 1. The van der Waals surface area contributed by atoms with Crippen LogP contribution in [-0.4, -0.2) is 91.4 Å². The van der Waals surface area contributed by atoms with Gasteiger partial charge in [0, 0.05) is 12.4 Å². The third-order valence-corrected chi connectivity index (χ3v) is 10.7. The molecule has 0 aliphatic heterocycles. The SMILES string of the molecule is CCS(=O)(=O)CCS(=O)(=O)CCS(=O)(=O)CCS(=O)(=O)CCCO. The summed E-state index contributed by atoms with van der Waals surface area (Å²) >= 11 is 0. The summed E-state index contributed by atoms with van der Waals surface area (Å²) < 4.78 is 92.5. The van der Waals surface area contributed by atoms with E-state index in [0.29, 0.717) is 0 Å². The summed E-state index contributed by atoms with van der Waals surface area (Å²) in [5, 5.41) is 8.56. The molecule has 146 valence electrons. The molecule has 0 rings (SSSR count). The van der Waals surface area contributed by atoms with Gasteiger partial charge in [0.25, 0.3) is 0 Å². The lowest BCUT2D eigenvalue weighted by Gasteiger charge is -2.07. The molecule has 1 N–H and O–H groups in total.